The van der Waals surface area contributed by atoms with Crippen LogP contribution in [0.3, 0.4) is 0 Å². The number of ether oxygens (including phenoxy) is 3. The Morgan fingerprint density at radius 2 is 1.58 bits per heavy atom. The van der Waals surface area contributed by atoms with Crippen LogP contribution >= 0.6 is 0 Å². The molecule has 0 unspecified atom stereocenters. The summed E-state index contributed by atoms with van der Waals surface area (Å²) in [5.74, 6) is 1.63. The van der Waals surface area contributed by atoms with E-state index in [4.69, 9.17) is 14.2 Å². The molecule has 5 nitrogen and oxygen atoms in total. The van der Waals surface area contributed by atoms with Crippen molar-refractivity contribution in [1.29, 1.82) is 0 Å². The van der Waals surface area contributed by atoms with Gasteiger partial charge >= 0.3 is 0 Å². The van der Waals surface area contributed by atoms with Crippen molar-refractivity contribution in [2.45, 2.75) is 79.7 Å². The van der Waals surface area contributed by atoms with Crippen LogP contribution in [0.25, 0.3) is 10.9 Å². The molecular formula is C26H39NO4. The number of rotatable bonds is 14. The zero-order valence-electron chi connectivity index (χ0n) is 20.0. The second-order valence-corrected chi connectivity index (χ2v) is 8.14. The zero-order valence-corrected chi connectivity index (χ0v) is 20.0. The van der Waals surface area contributed by atoms with Gasteiger partial charge in [-0.05, 0) is 51.3 Å². The van der Waals surface area contributed by atoms with Gasteiger partial charge in [-0.1, -0.05) is 45.6 Å². The maximum absolute atomic E-state index is 13.5. The predicted molar refractivity (Wildman–Crippen MR) is 129 cm³/mol. The molecule has 2 aromatic rings. The summed E-state index contributed by atoms with van der Waals surface area (Å²) in [6, 6.07) is 5.92. The fourth-order valence-electron chi connectivity index (χ4n) is 3.22. The standard InChI is InChI=1S/C26H39NO4/c1-6-9-15-27-23-19-21(29-16-10-7-2)12-13-22(23)24(30-17-11-8-3)25(26(27)28)31-18-14-20(4)5/h12-14,19H,6-11,15-18H2,1-5H3. The SMILES string of the molecule is CCCCOc1ccc2c(OCCCC)c(OCC=C(C)C)c(=O)n(CCCC)c2c1. The molecule has 0 saturated heterocycles. The zero-order chi connectivity index (χ0) is 22.6. The molecule has 0 aliphatic rings. The smallest absolute Gasteiger partial charge is 0.297 e. The fourth-order valence-corrected chi connectivity index (χ4v) is 3.22. The molecule has 0 amide bonds. The number of hydrogen-bond donors (Lipinski definition) is 0. The Morgan fingerprint density at radius 1 is 0.903 bits per heavy atom. The molecule has 0 N–H and O–H groups in total. The summed E-state index contributed by atoms with van der Waals surface area (Å²) >= 11 is 0. The minimum absolute atomic E-state index is 0.139. The molecule has 1 aromatic heterocycles. The Bertz CT molecular complexity index is 910. The normalized spacial score (nSPS) is 10.9. The first-order chi connectivity index (χ1) is 15.0. The van der Waals surface area contributed by atoms with Crippen LogP contribution < -0.4 is 19.8 Å². The van der Waals surface area contributed by atoms with Gasteiger partial charge in [-0.3, -0.25) is 4.79 Å². The first-order valence-corrected chi connectivity index (χ1v) is 11.8. The van der Waals surface area contributed by atoms with Crippen LogP contribution in [0.4, 0.5) is 0 Å². The molecule has 172 valence electrons. The number of hydrogen-bond acceptors (Lipinski definition) is 4. The summed E-state index contributed by atoms with van der Waals surface area (Å²) in [7, 11) is 0. The molecule has 0 aliphatic heterocycles. The summed E-state index contributed by atoms with van der Waals surface area (Å²) in [5, 5.41) is 0.891. The number of pyridine rings is 1. The molecule has 0 bridgehead atoms. The Labute approximate surface area is 187 Å². The number of fused-ring (bicyclic) bond motifs is 1. The van der Waals surface area contributed by atoms with Crippen LogP contribution in [-0.4, -0.2) is 24.4 Å². The van der Waals surface area contributed by atoms with E-state index in [9.17, 15) is 4.79 Å². The molecule has 5 heteroatoms. The maximum Gasteiger partial charge on any atom is 0.297 e. The molecule has 1 heterocycles. The molecule has 2 rings (SSSR count). The van der Waals surface area contributed by atoms with Crippen LogP contribution in [0.5, 0.6) is 17.2 Å². The van der Waals surface area contributed by atoms with E-state index < -0.39 is 0 Å². The third-order valence-electron chi connectivity index (χ3n) is 5.12. The van der Waals surface area contributed by atoms with Crippen LogP contribution in [0.15, 0.2) is 34.6 Å². The van der Waals surface area contributed by atoms with Crippen LogP contribution in [0.2, 0.25) is 0 Å². The second-order valence-electron chi connectivity index (χ2n) is 8.14. The molecule has 0 aliphatic carbocycles. The highest BCUT2D eigenvalue weighted by Gasteiger charge is 2.20. The Kier molecular flexibility index (Phi) is 10.5. The van der Waals surface area contributed by atoms with Gasteiger partial charge in [0.05, 0.1) is 18.7 Å². The predicted octanol–water partition coefficient (Wildman–Crippen LogP) is 6.50. The molecule has 0 fully saturated rings. The minimum Gasteiger partial charge on any atom is -0.494 e. The van der Waals surface area contributed by atoms with E-state index in [1.54, 1.807) is 0 Å². The van der Waals surface area contributed by atoms with Crippen molar-refractivity contribution in [3.63, 3.8) is 0 Å². The Morgan fingerprint density at radius 3 is 2.23 bits per heavy atom. The Balaban J connectivity index is 2.60. The topological polar surface area (TPSA) is 49.7 Å². The van der Waals surface area contributed by atoms with E-state index >= 15 is 0 Å². The van der Waals surface area contributed by atoms with Crippen molar-refractivity contribution in [2.75, 3.05) is 19.8 Å². The highest BCUT2D eigenvalue weighted by Crippen LogP contribution is 2.35. The molecule has 0 radical (unpaired) electrons. The lowest BCUT2D eigenvalue weighted by Crippen LogP contribution is -2.24. The highest BCUT2D eigenvalue weighted by molar-refractivity contribution is 5.89. The summed E-state index contributed by atoms with van der Waals surface area (Å²) in [6.07, 6.45) is 7.92. The van der Waals surface area contributed by atoms with Crippen LogP contribution in [0, 0.1) is 0 Å². The lowest BCUT2D eigenvalue weighted by atomic mass is 10.1. The van der Waals surface area contributed by atoms with E-state index in [0.29, 0.717) is 37.9 Å². The summed E-state index contributed by atoms with van der Waals surface area (Å²) in [5.41, 5.74) is 1.85. The van der Waals surface area contributed by atoms with Gasteiger partial charge in [0.2, 0.25) is 5.75 Å². The maximum atomic E-state index is 13.5. The van der Waals surface area contributed by atoms with Gasteiger partial charge in [0.25, 0.3) is 5.56 Å². The average molecular weight is 430 g/mol. The third kappa shape index (κ3) is 7.05. The van der Waals surface area contributed by atoms with Crippen molar-refractivity contribution in [3.05, 3.63) is 40.2 Å². The monoisotopic (exact) mass is 429 g/mol. The number of unbranched alkanes of at least 4 members (excludes halogenated alkanes) is 3. The lowest BCUT2D eigenvalue weighted by Gasteiger charge is -2.19. The highest BCUT2D eigenvalue weighted by atomic mass is 16.5. The first-order valence-electron chi connectivity index (χ1n) is 11.8. The van der Waals surface area contributed by atoms with Gasteiger partial charge < -0.3 is 18.8 Å². The quantitative estimate of drug-likeness (QED) is 0.254. The van der Waals surface area contributed by atoms with E-state index in [1.165, 1.54) is 0 Å². The van der Waals surface area contributed by atoms with Gasteiger partial charge in [-0.25, -0.2) is 0 Å². The first kappa shape index (κ1) is 24.8. The van der Waals surface area contributed by atoms with Crippen molar-refractivity contribution < 1.29 is 14.2 Å². The van der Waals surface area contributed by atoms with Gasteiger partial charge in [-0.2, -0.15) is 0 Å². The summed E-state index contributed by atoms with van der Waals surface area (Å²) < 4.78 is 19.8. The van der Waals surface area contributed by atoms with Crippen molar-refractivity contribution in [1.82, 2.24) is 4.57 Å². The molecule has 0 spiro atoms. The third-order valence-corrected chi connectivity index (χ3v) is 5.12. The lowest BCUT2D eigenvalue weighted by molar-refractivity contribution is 0.277. The average Bonchev–Trinajstić information content (AvgIpc) is 2.75. The number of aryl methyl sites for hydroxylation is 1. The fraction of sp³-hybridized carbons (Fsp3) is 0.577. The van der Waals surface area contributed by atoms with Gasteiger partial charge in [0.1, 0.15) is 12.4 Å². The van der Waals surface area contributed by atoms with Crippen LogP contribution in [0.1, 0.15) is 73.1 Å². The second kappa shape index (κ2) is 13.1. The molecule has 31 heavy (non-hydrogen) atoms. The molecule has 0 atom stereocenters. The number of aromatic nitrogens is 1. The van der Waals surface area contributed by atoms with Gasteiger partial charge in [-0.15, -0.1) is 0 Å². The summed E-state index contributed by atoms with van der Waals surface area (Å²) in [4.78, 5) is 13.5. The van der Waals surface area contributed by atoms with Crippen molar-refractivity contribution in [2.24, 2.45) is 0 Å². The van der Waals surface area contributed by atoms with Gasteiger partial charge in [0.15, 0.2) is 5.75 Å². The van der Waals surface area contributed by atoms with E-state index in [2.05, 4.69) is 20.8 Å². The Hall–Kier alpha value is -2.43. The number of allylic oxidation sites excluding steroid dienone is 1. The van der Waals surface area contributed by atoms with E-state index in [1.807, 2.05) is 42.7 Å². The van der Waals surface area contributed by atoms with E-state index in [-0.39, 0.29) is 5.56 Å². The van der Waals surface area contributed by atoms with Crippen molar-refractivity contribution >= 4 is 10.9 Å². The summed E-state index contributed by atoms with van der Waals surface area (Å²) in [6.45, 7) is 12.6. The minimum atomic E-state index is -0.139. The molecule has 0 saturated carbocycles. The van der Waals surface area contributed by atoms with Crippen molar-refractivity contribution in [3.8, 4) is 17.2 Å². The molecular weight excluding hydrogens is 390 g/mol. The molecule has 1 aromatic carbocycles. The van der Waals surface area contributed by atoms with E-state index in [0.717, 1.165) is 60.8 Å². The van der Waals surface area contributed by atoms with Gasteiger partial charge in [0, 0.05) is 18.0 Å². The largest absolute Gasteiger partial charge is 0.494 e. The number of nitrogens with zero attached hydrogens (tertiary/aromatic N) is 1. The number of benzene rings is 1. The van der Waals surface area contributed by atoms with Crippen LogP contribution in [-0.2, 0) is 6.54 Å².